The maximum absolute atomic E-state index is 12.9. The van der Waals surface area contributed by atoms with Crippen LogP contribution in [0.5, 0.6) is 0 Å². The molecular formula is C24H18Cl3F3N2O5. The van der Waals surface area contributed by atoms with Crippen molar-refractivity contribution in [3.05, 3.63) is 58.6 Å². The molecule has 0 bridgehead atoms. The molecule has 196 valence electrons. The highest BCUT2D eigenvalue weighted by Crippen LogP contribution is 2.43. The summed E-state index contributed by atoms with van der Waals surface area (Å²) in [5.74, 6) is -3.96. The van der Waals surface area contributed by atoms with Gasteiger partial charge in [0.1, 0.15) is 0 Å². The smallest absolute Gasteiger partial charge is 0.416 e. The molecule has 1 N–H and O–H groups in total. The highest BCUT2D eigenvalue weighted by Gasteiger charge is 2.52. The number of carbonyl (C=O) groups is 4. The number of amides is 3. The SMILES string of the molecule is O=C(COC(=O)c1cccc(N2C(=O)[C@@H]3C[C@@H](Cl)[C@@H](Cl)C[C@H]3C2=O)c1)Nc1cc(C(F)(F)F)ccc1Cl. The standard InChI is InChI=1S/C24H18Cl3F3N2O5/c25-16-5-4-12(24(28,29)30)7-19(16)31-20(33)10-37-23(36)11-2-1-3-13(6-11)32-21(34)14-8-17(26)18(27)9-15(14)22(32)35/h1-7,14-15,17-18H,8-10H2,(H,31,33)/t14-,15-,17-,18+/m1/s1. The number of carbonyl (C=O) groups excluding carboxylic acids is 4. The predicted molar refractivity (Wildman–Crippen MR) is 130 cm³/mol. The van der Waals surface area contributed by atoms with E-state index in [1.807, 2.05) is 0 Å². The molecule has 2 fully saturated rings. The number of alkyl halides is 5. The fraction of sp³-hybridized carbons (Fsp3) is 0.333. The van der Waals surface area contributed by atoms with Crippen LogP contribution in [0.15, 0.2) is 42.5 Å². The van der Waals surface area contributed by atoms with Crippen LogP contribution in [0, 0.1) is 11.8 Å². The third kappa shape index (κ3) is 5.71. The lowest BCUT2D eigenvalue weighted by atomic mass is 9.80. The minimum atomic E-state index is -4.64. The van der Waals surface area contributed by atoms with Gasteiger partial charge in [0.2, 0.25) is 11.8 Å². The summed E-state index contributed by atoms with van der Waals surface area (Å²) in [5, 5.41) is 1.14. The fourth-order valence-electron chi connectivity index (χ4n) is 4.32. The van der Waals surface area contributed by atoms with E-state index < -0.39 is 64.6 Å². The summed E-state index contributed by atoms with van der Waals surface area (Å²) in [6, 6.07) is 7.94. The van der Waals surface area contributed by atoms with Gasteiger partial charge in [-0.05, 0) is 49.2 Å². The number of benzene rings is 2. The van der Waals surface area contributed by atoms with Crippen LogP contribution in [0.25, 0.3) is 0 Å². The quantitative estimate of drug-likeness (QED) is 0.297. The summed E-state index contributed by atoms with van der Waals surface area (Å²) in [7, 11) is 0. The van der Waals surface area contributed by atoms with Crippen molar-refractivity contribution in [2.75, 3.05) is 16.8 Å². The first-order valence-electron chi connectivity index (χ1n) is 11.0. The average molecular weight is 578 g/mol. The van der Waals surface area contributed by atoms with E-state index in [0.717, 1.165) is 17.0 Å². The van der Waals surface area contributed by atoms with Gasteiger partial charge in [0, 0.05) is 0 Å². The summed E-state index contributed by atoms with van der Waals surface area (Å²) < 4.78 is 43.7. The maximum Gasteiger partial charge on any atom is 0.416 e. The van der Waals surface area contributed by atoms with Gasteiger partial charge >= 0.3 is 12.1 Å². The van der Waals surface area contributed by atoms with Gasteiger partial charge in [0.25, 0.3) is 5.91 Å². The van der Waals surface area contributed by atoms with E-state index in [4.69, 9.17) is 39.5 Å². The Labute approximate surface area is 223 Å². The summed E-state index contributed by atoms with van der Waals surface area (Å²) in [4.78, 5) is 51.6. The zero-order valence-electron chi connectivity index (χ0n) is 18.7. The van der Waals surface area contributed by atoms with Crippen molar-refractivity contribution in [1.29, 1.82) is 0 Å². The molecule has 0 unspecified atom stereocenters. The number of nitrogens with one attached hydrogen (secondary N) is 1. The first-order chi connectivity index (χ1) is 17.4. The average Bonchev–Trinajstić information content (AvgIpc) is 3.07. The van der Waals surface area contributed by atoms with Crippen molar-refractivity contribution in [2.24, 2.45) is 11.8 Å². The highest BCUT2D eigenvalue weighted by atomic mass is 35.5. The van der Waals surface area contributed by atoms with Gasteiger partial charge in [-0.25, -0.2) is 4.79 Å². The number of hydrogen-bond donors (Lipinski definition) is 1. The van der Waals surface area contributed by atoms with Gasteiger partial charge in [0.05, 0.1) is 50.1 Å². The van der Waals surface area contributed by atoms with Crippen molar-refractivity contribution < 1.29 is 37.1 Å². The minimum Gasteiger partial charge on any atom is -0.452 e. The van der Waals surface area contributed by atoms with Crippen molar-refractivity contribution in [1.82, 2.24) is 0 Å². The Hall–Kier alpha value is -2.82. The summed E-state index contributed by atoms with van der Waals surface area (Å²) in [6.07, 6.45) is -4.13. The molecule has 1 aliphatic heterocycles. The molecule has 1 aliphatic carbocycles. The van der Waals surface area contributed by atoms with Gasteiger partial charge < -0.3 is 10.1 Å². The van der Waals surface area contributed by atoms with Crippen LogP contribution < -0.4 is 10.2 Å². The van der Waals surface area contributed by atoms with Gasteiger partial charge in [-0.3, -0.25) is 19.3 Å². The molecule has 0 aromatic heterocycles. The molecule has 13 heteroatoms. The van der Waals surface area contributed by atoms with Crippen molar-refractivity contribution in [3.63, 3.8) is 0 Å². The number of fused-ring (bicyclic) bond motifs is 1. The maximum atomic E-state index is 12.9. The summed E-state index contributed by atoms with van der Waals surface area (Å²) in [6.45, 7) is -0.824. The highest BCUT2D eigenvalue weighted by molar-refractivity contribution is 6.33. The monoisotopic (exact) mass is 576 g/mol. The second-order valence-electron chi connectivity index (χ2n) is 8.60. The minimum absolute atomic E-state index is 0.0525. The molecule has 2 aliphatic rings. The summed E-state index contributed by atoms with van der Waals surface area (Å²) >= 11 is 18.2. The molecular weight excluding hydrogens is 560 g/mol. The second-order valence-corrected chi connectivity index (χ2v) is 10.1. The molecule has 7 nitrogen and oxygen atoms in total. The molecule has 4 rings (SSSR count). The van der Waals surface area contributed by atoms with E-state index in [2.05, 4.69) is 5.32 Å². The van der Waals surface area contributed by atoms with Gasteiger partial charge in [-0.2, -0.15) is 13.2 Å². The molecule has 3 amide bonds. The topological polar surface area (TPSA) is 92.8 Å². The van der Waals surface area contributed by atoms with E-state index in [9.17, 15) is 32.3 Å². The van der Waals surface area contributed by atoms with Crippen LogP contribution in [-0.2, 0) is 25.3 Å². The van der Waals surface area contributed by atoms with Crippen LogP contribution in [-0.4, -0.2) is 41.1 Å². The Morgan fingerprint density at radius 3 is 2.22 bits per heavy atom. The zero-order chi connectivity index (χ0) is 27.1. The third-order valence-corrected chi connectivity index (χ3v) is 7.58. The third-order valence-electron chi connectivity index (χ3n) is 6.15. The van der Waals surface area contributed by atoms with Crippen LogP contribution in [0.1, 0.15) is 28.8 Å². The Kier molecular flexibility index (Phi) is 7.73. The Bertz CT molecular complexity index is 1240. The molecule has 4 atom stereocenters. The van der Waals surface area contributed by atoms with E-state index in [1.165, 1.54) is 24.3 Å². The number of ether oxygens (including phenoxy) is 1. The van der Waals surface area contributed by atoms with Crippen molar-refractivity contribution in [3.8, 4) is 0 Å². The molecule has 37 heavy (non-hydrogen) atoms. The van der Waals surface area contributed by atoms with Gasteiger partial charge in [-0.1, -0.05) is 17.7 Å². The Morgan fingerprint density at radius 1 is 1.00 bits per heavy atom. The molecule has 0 spiro atoms. The predicted octanol–water partition coefficient (Wildman–Crippen LogP) is 5.27. The molecule has 1 heterocycles. The first kappa shape index (κ1) is 27.2. The largest absolute Gasteiger partial charge is 0.452 e. The fourth-order valence-corrected chi connectivity index (χ4v) is 5.07. The molecule has 2 aromatic rings. The number of anilines is 2. The molecule has 1 saturated carbocycles. The molecule has 2 aromatic carbocycles. The second kappa shape index (κ2) is 10.5. The number of nitrogens with zero attached hydrogens (tertiary/aromatic N) is 1. The molecule has 0 radical (unpaired) electrons. The number of halogens is 6. The number of esters is 1. The van der Waals surface area contributed by atoms with Crippen LogP contribution >= 0.6 is 34.8 Å². The van der Waals surface area contributed by atoms with E-state index in [1.54, 1.807) is 0 Å². The van der Waals surface area contributed by atoms with E-state index in [0.29, 0.717) is 6.07 Å². The zero-order valence-corrected chi connectivity index (χ0v) is 21.0. The van der Waals surface area contributed by atoms with Crippen molar-refractivity contribution >= 4 is 69.9 Å². The van der Waals surface area contributed by atoms with E-state index in [-0.39, 0.29) is 34.8 Å². The Balaban J connectivity index is 1.42. The number of imide groups is 1. The van der Waals surface area contributed by atoms with Crippen molar-refractivity contribution in [2.45, 2.75) is 29.8 Å². The number of rotatable bonds is 5. The lowest BCUT2D eigenvalue weighted by Crippen LogP contribution is -2.34. The van der Waals surface area contributed by atoms with Crippen LogP contribution in [0.2, 0.25) is 5.02 Å². The Morgan fingerprint density at radius 2 is 1.62 bits per heavy atom. The molecule has 1 saturated heterocycles. The normalized spacial score (nSPS) is 23.6. The summed E-state index contributed by atoms with van der Waals surface area (Å²) in [5.41, 5.74) is -1.22. The van der Waals surface area contributed by atoms with E-state index >= 15 is 0 Å². The van der Waals surface area contributed by atoms with Gasteiger partial charge in [0.15, 0.2) is 6.61 Å². The number of hydrogen-bond acceptors (Lipinski definition) is 5. The van der Waals surface area contributed by atoms with Crippen LogP contribution in [0.3, 0.4) is 0 Å². The lowest BCUT2D eigenvalue weighted by Gasteiger charge is -2.28. The van der Waals surface area contributed by atoms with Crippen LogP contribution in [0.4, 0.5) is 24.5 Å². The lowest BCUT2D eigenvalue weighted by molar-refractivity contribution is -0.137. The first-order valence-corrected chi connectivity index (χ1v) is 12.2. The van der Waals surface area contributed by atoms with Gasteiger partial charge in [-0.15, -0.1) is 23.2 Å².